The minimum Gasteiger partial charge on any atom is -0.384 e. The molecule has 0 saturated carbocycles. The van der Waals surface area contributed by atoms with Gasteiger partial charge < -0.3 is 10.6 Å². The van der Waals surface area contributed by atoms with E-state index in [1.165, 1.54) is 0 Å². The number of nitrogens with zero attached hydrogens (tertiary/aromatic N) is 2. The number of oxime groups is 1. The first-order chi connectivity index (χ1) is 7.72. The number of carbonyl (C=O) groups excluding carboxylic acids is 1. The Bertz CT molecular complexity index is 421. The fourth-order valence-electron chi connectivity index (χ4n) is 1.04. The van der Waals surface area contributed by atoms with E-state index in [2.05, 4.69) is 9.99 Å². The van der Waals surface area contributed by atoms with Crippen molar-refractivity contribution < 1.29 is 9.63 Å². The molecule has 0 heterocycles. The minimum atomic E-state index is -0.710. The van der Waals surface area contributed by atoms with Crippen molar-refractivity contribution in [1.29, 1.82) is 5.26 Å². The zero-order chi connectivity index (χ0) is 11.8. The summed E-state index contributed by atoms with van der Waals surface area (Å²) in [6.07, 6.45) is 0.0722. The average Bonchev–Trinajstić information content (AvgIpc) is 2.28. The van der Waals surface area contributed by atoms with Gasteiger partial charge in [-0.05, 0) is 5.56 Å². The quantitative estimate of drug-likeness (QED) is 0.352. The molecule has 0 bridgehead atoms. The van der Waals surface area contributed by atoms with Gasteiger partial charge in [0.2, 0.25) is 0 Å². The van der Waals surface area contributed by atoms with Crippen LogP contribution in [0.5, 0.6) is 0 Å². The SMILES string of the molecule is N#CCC(=O)O/N=C(\N)Cc1ccccc1. The monoisotopic (exact) mass is 217 g/mol. The van der Waals surface area contributed by atoms with Gasteiger partial charge >= 0.3 is 5.97 Å². The second-order valence-corrected chi connectivity index (χ2v) is 3.04. The van der Waals surface area contributed by atoms with Gasteiger partial charge in [0, 0.05) is 6.42 Å². The molecule has 82 valence electrons. The lowest BCUT2D eigenvalue weighted by molar-refractivity contribution is -0.142. The predicted molar refractivity (Wildman–Crippen MR) is 58.1 cm³/mol. The molecule has 0 aliphatic heterocycles. The van der Waals surface area contributed by atoms with E-state index in [1.807, 2.05) is 30.3 Å². The van der Waals surface area contributed by atoms with Gasteiger partial charge in [0.25, 0.3) is 0 Å². The molecular formula is C11H11N3O2. The first-order valence-corrected chi connectivity index (χ1v) is 4.65. The summed E-state index contributed by atoms with van der Waals surface area (Å²) in [6, 6.07) is 11.1. The molecule has 0 atom stereocenters. The third-order valence-electron chi connectivity index (χ3n) is 1.72. The van der Waals surface area contributed by atoms with Crippen molar-refractivity contribution in [3.63, 3.8) is 0 Å². The van der Waals surface area contributed by atoms with Crippen LogP contribution in [0.25, 0.3) is 0 Å². The molecule has 0 aliphatic rings. The molecule has 0 saturated heterocycles. The third-order valence-corrected chi connectivity index (χ3v) is 1.72. The van der Waals surface area contributed by atoms with Gasteiger partial charge in [-0.15, -0.1) is 0 Å². The first-order valence-electron chi connectivity index (χ1n) is 4.65. The molecule has 0 fully saturated rings. The topological polar surface area (TPSA) is 88.5 Å². The molecule has 0 unspecified atom stereocenters. The van der Waals surface area contributed by atoms with Gasteiger partial charge in [-0.25, -0.2) is 4.79 Å². The molecule has 1 rings (SSSR count). The Morgan fingerprint density at radius 2 is 2.12 bits per heavy atom. The lowest BCUT2D eigenvalue weighted by Crippen LogP contribution is -2.16. The van der Waals surface area contributed by atoms with Crippen LogP contribution in [0.4, 0.5) is 0 Å². The number of rotatable bonds is 4. The molecular weight excluding hydrogens is 206 g/mol. The number of hydrogen-bond donors (Lipinski definition) is 1. The molecule has 0 amide bonds. The van der Waals surface area contributed by atoms with Gasteiger partial charge in [0.15, 0.2) is 0 Å². The Morgan fingerprint density at radius 1 is 1.44 bits per heavy atom. The van der Waals surface area contributed by atoms with Crippen LogP contribution in [0.3, 0.4) is 0 Å². The summed E-state index contributed by atoms with van der Waals surface area (Å²) in [6.45, 7) is 0. The van der Waals surface area contributed by atoms with Crippen molar-refractivity contribution in [2.24, 2.45) is 10.9 Å². The maximum atomic E-state index is 10.8. The average molecular weight is 217 g/mol. The highest BCUT2D eigenvalue weighted by molar-refractivity contribution is 5.83. The lowest BCUT2D eigenvalue weighted by atomic mass is 10.1. The van der Waals surface area contributed by atoms with Gasteiger partial charge in [-0.2, -0.15) is 5.26 Å². The normalized spacial score (nSPS) is 10.6. The summed E-state index contributed by atoms with van der Waals surface area (Å²) >= 11 is 0. The first kappa shape index (κ1) is 11.7. The molecule has 0 spiro atoms. The third kappa shape index (κ3) is 4.24. The minimum absolute atomic E-state index is 0.192. The molecule has 1 aromatic carbocycles. The van der Waals surface area contributed by atoms with E-state index in [0.717, 1.165) is 5.56 Å². The highest BCUT2D eigenvalue weighted by atomic mass is 16.7. The fraction of sp³-hybridized carbons (Fsp3) is 0.182. The summed E-state index contributed by atoms with van der Waals surface area (Å²) in [5, 5.41) is 11.6. The highest BCUT2D eigenvalue weighted by Gasteiger charge is 2.02. The van der Waals surface area contributed by atoms with Crippen LogP contribution >= 0.6 is 0 Å². The molecule has 0 aliphatic carbocycles. The Morgan fingerprint density at radius 3 is 2.75 bits per heavy atom. The van der Waals surface area contributed by atoms with Crippen LogP contribution in [0.15, 0.2) is 35.5 Å². The van der Waals surface area contributed by atoms with Crippen LogP contribution < -0.4 is 5.73 Å². The molecule has 2 N–H and O–H groups in total. The number of nitrogens with two attached hydrogens (primary N) is 1. The zero-order valence-electron chi connectivity index (χ0n) is 8.59. The van der Waals surface area contributed by atoms with E-state index in [-0.39, 0.29) is 12.3 Å². The van der Waals surface area contributed by atoms with Crippen LogP contribution in [0.2, 0.25) is 0 Å². The number of amidine groups is 1. The van der Waals surface area contributed by atoms with Crippen molar-refractivity contribution in [1.82, 2.24) is 0 Å². The summed E-state index contributed by atoms with van der Waals surface area (Å²) in [5.41, 5.74) is 6.51. The zero-order valence-corrected chi connectivity index (χ0v) is 8.59. The van der Waals surface area contributed by atoms with E-state index in [0.29, 0.717) is 6.42 Å². The molecule has 5 nitrogen and oxygen atoms in total. The second-order valence-electron chi connectivity index (χ2n) is 3.04. The van der Waals surface area contributed by atoms with Crippen LogP contribution in [-0.4, -0.2) is 11.8 Å². The largest absolute Gasteiger partial charge is 0.384 e. The van der Waals surface area contributed by atoms with Crippen molar-refractivity contribution in [3.05, 3.63) is 35.9 Å². The predicted octanol–water partition coefficient (Wildman–Crippen LogP) is 0.958. The van der Waals surface area contributed by atoms with Gasteiger partial charge in [0.1, 0.15) is 12.3 Å². The van der Waals surface area contributed by atoms with Gasteiger partial charge in [-0.1, -0.05) is 35.5 Å². The Balaban J connectivity index is 2.47. The maximum absolute atomic E-state index is 10.8. The van der Waals surface area contributed by atoms with E-state index in [4.69, 9.17) is 11.0 Å². The summed E-state index contributed by atoms with van der Waals surface area (Å²) in [4.78, 5) is 15.2. The molecule has 0 radical (unpaired) electrons. The summed E-state index contributed by atoms with van der Waals surface area (Å²) < 4.78 is 0. The van der Waals surface area contributed by atoms with Gasteiger partial charge in [-0.3, -0.25) is 0 Å². The highest BCUT2D eigenvalue weighted by Crippen LogP contribution is 1.99. The number of carbonyl (C=O) groups is 1. The van der Waals surface area contributed by atoms with Crippen molar-refractivity contribution >= 4 is 11.8 Å². The van der Waals surface area contributed by atoms with Crippen LogP contribution in [0.1, 0.15) is 12.0 Å². The summed E-state index contributed by atoms with van der Waals surface area (Å²) in [7, 11) is 0. The molecule has 1 aromatic rings. The number of nitriles is 1. The van der Waals surface area contributed by atoms with Gasteiger partial charge in [0.05, 0.1) is 6.07 Å². The lowest BCUT2D eigenvalue weighted by Gasteiger charge is -1.99. The summed E-state index contributed by atoms with van der Waals surface area (Å²) in [5.74, 6) is -0.518. The van der Waals surface area contributed by atoms with Crippen molar-refractivity contribution in [2.45, 2.75) is 12.8 Å². The Labute approximate surface area is 93.1 Å². The van der Waals surface area contributed by atoms with E-state index in [9.17, 15) is 4.79 Å². The second kappa shape index (κ2) is 6.19. The maximum Gasteiger partial charge on any atom is 0.349 e. The fourth-order valence-corrected chi connectivity index (χ4v) is 1.04. The smallest absolute Gasteiger partial charge is 0.349 e. The molecule has 0 aromatic heterocycles. The van der Waals surface area contributed by atoms with Crippen molar-refractivity contribution in [2.75, 3.05) is 0 Å². The standard InChI is InChI=1S/C11H11N3O2/c12-7-6-11(15)16-14-10(13)8-9-4-2-1-3-5-9/h1-5H,6,8H2,(H2,13,14). The van der Waals surface area contributed by atoms with Crippen molar-refractivity contribution in [3.8, 4) is 6.07 Å². The Kier molecular flexibility index (Phi) is 4.54. The van der Waals surface area contributed by atoms with Crippen LogP contribution in [0, 0.1) is 11.3 Å². The van der Waals surface area contributed by atoms with E-state index < -0.39 is 5.97 Å². The van der Waals surface area contributed by atoms with E-state index >= 15 is 0 Å². The molecule has 16 heavy (non-hydrogen) atoms. The Hall–Kier alpha value is -2.35. The number of benzene rings is 1. The molecule has 5 heteroatoms. The van der Waals surface area contributed by atoms with E-state index in [1.54, 1.807) is 6.07 Å². The van der Waals surface area contributed by atoms with Crippen LogP contribution in [-0.2, 0) is 16.1 Å². The number of hydrogen-bond acceptors (Lipinski definition) is 4.